The Bertz CT molecular complexity index is 342. The Morgan fingerprint density at radius 2 is 2.20 bits per heavy atom. The third kappa shape index (κ3) is 2.84. The molecule has 0 aliphatic rings. The summed E-state index contributed by atoms with van der Waals surface area (Å²) in [7, 11) is 1.56. The molecule has 0 saturated heterocycles. The highest BCUT2D eigenvalue weighted by molar-refractivity contribution is 6.32. The Morgan fingerprint density at radius 3 is 2.73 bits per heavy atom. The van der Waals surface area contributed by atoms with Crippen LogP contribution in [0.4, 0.5) is 0 Å². The summed E-state index contributed by atoms with van der Waals surface area (Å²) in [6.45, 7) is 2.33. The molecule has 0 radical (unpaired) electrons. The van der Waals surface area contributed by atoms with Gasteiger partial charge in [0.25, 0.3) is 0 Å². The Balaban J connectivity index is 3.05. The van der Waals surface area contributed by atoms with Crippen molar-refractivity contribution >= 4 is 11.6 Å². The summed E-state index contributed by atoms with van der Waals surface area (Å²) in [4.78, 5) is 0. The molecule has 0 heterocycles. The highest BCUT2D eigenvalue weighted by Gasteiger charge is 2.12. The fraction of sp³-hybridized carbons (Fsp3) is 0.455. The fourth-order valence-electron chi connectivity index (χ4n) is 1.43. The molecule has 0 saturated carbocycles. The van der Waals surface area contributed by atoms with Crippen LogP contribution < -0.4 is 10.5 Å². The molecule has 3 N–H and O–H groups in total. The number of aliphatic hydroxyl groups is 1. The molecule has 0 aliphatic heterocycles. The van der Waals surface area contributed by atoms with E-state index < -0.39 is 6.10 Å². The summed E-state index contributed by atoms with van der Waals surface area (Å²) >= 11 is 6.02. The molecule has 3 nitrogen and oxygen atoms in total. The second kappa shape index (κ2) is 5.35. The molecular weight excluding hydrogens is 214 g/mol. The van der Waals surface area contributed by atoms with Crippen molar-refractivity contribution in [1.29, 1.82) is 0 Å². The molecule has 0 amide bonds. The van der Waals surface area contributed by atoms with Gasteiger partial charge in [-0.25, -0.2) is 0 Å². The van der Waals surface area contributed by atoms with Crippen molar-refractivity contribution in [3.8, 4) is 5.75 Å². The lowest BCUT2D eigenvalue weighted by Gasteiger charge is -2.13. The van der Waals surface area contributed by atoms with Crippen LogP contribution in [0.15, 0.2) is 12.1 Å². The first-order valence-electron chi connectivity index (χ1n) is 4.82. The van der Waals surface area contributed by atoms with Gasteiger partial charge in [0, 0.05) is 0 Å². The number of benzene rings is 1. The van der Waals surface area contributed by atoms with Gasteiger partial charge in [-0.2, -0.15) is 0 Å². The first kappa shape index (κ1) is 12.3. The van der Waals surface area contributed by atoms with Crippen LogP contribution in [0.1, 0.15) is 23.7 Å². The number of aryl methyl sites for hydroxylation is 1. The zero-order chi connectivity index (χ0) is 11.4. The summed E-state index contributed by atoms with van der Waals surface area (Å²) in [6.07, 6.45) is -0.0237. The summed E-state index contributed by atoms with van der Waals surface area (Å²) in [6, 6.07) is 3.60. The van der Waals surface area contributed by atoms with Gasteiger partial charge in [0.05, 0.1) is 18.2 Å². The molecule has 0 aliphatic carbocycles. The van der Waals surface area contributed by atoms with Crippen LogP contribution in [0.5, 0.6) is 5.75 Å². The second-order valence-corrected chi connectivity index (χ2v) is 3.83. The average molecular weight is 230 g/mol. The van der Waals surface area contributed by atoms with E-state index in [2.05, 4.69) is 0 Å². The zero-order valence-electron chi connectivity index (χ0n) is 8.96. The van der Waals surface area contributed by atoms with Gasteiger partial charge in [-0.3, -0.25) is 0 Å². The smallest absolute Gasteiger partial charge is 0.138 e. The molecule has 0 bridgehead atoms. The van der Waals surface area contributed by atoms with Gasteiger partial charge < -0.3 is 15.6 Å². The Hall–Kier alpha value is -0.770. The number of rotatable bonds is 4. The maximum atomic E-state index is 9.78. The molecule has 4 heteroatoms. The molecule has 1 unspecified atom stereocenters. The number of halogens is 1. The van der Waals surface area contributed by atoms with Crippen molar-refractivity contribution in [2.45, 2.75) is 19.4 Å². The summed E-state index contributed by atoms with van der Waals surface area (Å²) in [5, 5.41) is 10.4. The van der Waals surface area contributed by atoms with Crippen molar-refractivity contribution in [3.05, 3.63) is 28.3 Å². The van der Waals surface area contributed by atoms with E-state index in [1.807, 2.05) is 13.0 Å². The molecular formula is C11H16ClNO2. The van der Waals surface area contributed by atoms with Crippen LogP contribution in [-0.4, -0.2) is 18.8 Å². The lowest BCUT2D eigenvalue weighted by Crippen LogP contribution is -2.07. The van der Waals surface area contributed by atoms with E-state index in [-0.39, 0.29) is 0 Å². The summed E-state index contributed by atoms with van der Waals surface area (Å²) < 4.78 is 5.12. The van der Waals surface area contributed by atoms with Crippen LogP contribution in [0.2, 0.25) is 5.02 Å². The first-order valence-corrected chi connectivity index (χ1v) is 5.20. The van der Waals surface area contributed by atoms with Crippen molar-refractivity contribution in [2.75, 3.05) is 13.7 Å². The van der Waals surface area contributed by atoms with Gasteiger partial charge in [0.2, 0.25) is 0 Å². The van der Waals surface area contributed by atoms with E-state index in [9.17, 15) is 5.11 Å². The fourth-order valence-corrected chi connectivity index (χ4v) is 1.62. The Kier molecular flexibility index (Phi) is 4.39. The van der Waals surface area contributed by atoms with Crippen LogP contribution in [0.25, 0.3) is 0 Å². The monoisotopic (exact) mass is 229 g/mol. The topological polar surface area (TPSA) is 55.5 Å². The van der Waals surface area contributed by atoms with Crippen molar-refractivity contribution in [1.82, 2.24) is 0 Å². The SMILES string of the molecule is COc1cc(C(O)CCN)cc(C)c1Cl. The second-order valence-electron chi connectivity index (χ2n) is 3.45. The lowest BCUT2D eigenvalue weighted by molar-refractivity contribution is 0.170. The normalized spacial score (nSPS) is 12.6. The van der Waals surface area contributed by atoms with Crippen LogP contribution in [0.3, 0.4) is 0 Å². The minimum Gasteiger partial charge on any atom is -0.495 e. The number of ether oxygens (including phenoxy) is 1. The van der Waals surface area contributed by atoms with Crippen LogP contribution >= 0.6 is 11.6 Å². The molecule has 0 fully saturated rings. The molecule has 1 aromatic rings. The maximum Gasteiger partial charge on any atom is 0.138 e. The Labute approximate surface area is 94.8 Å². The lowest BCUT2D eigenvalue weighted by atomic mass is 10.0. The number of hydrogen-bond acceptors (Lipinski definition) is 3. The van der Waals surface area contributed by atoms with Crippen LogP contribution in [-0.2, 0) is 0 Å². The summed E-state index contributed by atoms with van der Waals surface area (Å²) in [5.41, 5.74) is 7.07. The quantitative estimate of drug-likeness (QED) is 0.831. The molecule has 1 aromatic carbocycles. The van der Waals surface area contributed by atoms with E-state index in [0.29, 0.717) is 23.7 Å². The van der Waals surface area contributed by atoms with E-state index >= 15 is 0 Å². The number of nitrogens with two attached hydrogens (primary N) is 1. The van der Waals surface area contributed by atoms with Gasteiger partial charge in [-0.05, 0) is 37.1 Å². The van der Waals surface area contributed by atoms with Gasteiger partial charge in [-0.15, -0.1) is 0 Å². The Morgan fingerprint density at radius 1 is 1.53 bits per heavy atom. The molecule has 15 heavy (non-hydrogen) atoms. The number of methoxy groups -OCH3 is 1. The van der Waals surface area contributed by atoms with Crippen molar-refractivity contribution in [3.63, 3.8) is 0 Å². The standard InChI is InChI=1S/C11H16ClNO2/c1-7-5-8(9(14)3-4-13)6-10(15-2)11(7)12/h5-6,9,14H,3-4,13H2,1-2H3. The molecule has 0 aromatic heterocycles. The highest BCUT2D eigenvalue weighted by Crippen LogP contribution is 2.32. The molecule has 84 valence electrons. The van der Waals surface area contributed by atoms with Gasteiger partial charge in [0.1, 0.15) is 5.75 Å². The van der Waals surface area contributed by atoms with Gasteiger partial charge in [0.15, 0.2) is 0 Å². The summed E-state index contributed by atoms with van der Waals surface area (Å²) in [5.74, 6) is 0.586. The largest absolute Gasteiger partial charge is 0.495 e. The van der Waals surface area contributed by atoms with Gasteiger partial charge in [-0.1, -0.05) is 17.7 Å². The predicted octanol–water partition coefficient (Wildman–Crippen LogP) is 2.04. The van der Waals surface area contributed by atoms with E-state index in [1.54, 1.807) is 13.2 Å². The van der Waals surface area contributed by atoms with E-state index in [0.717, 1.165) is 11.1 Å². The van der Waals surface area contributed by atoms with Crippen molar-refractivity contribution < 1.29 is 9.84 Å². The van der Waals surface area contributed by atoms with E-state index in [1.165, 1.54) is 0 Å². The predicted molar refractivity (Wildman–Crippen MR) is 61.4 cm³/mol. The molecule has 1 rings (SSSR count). The highest BCUT2D eigenvalue weighted by atomic mass is 35.5. The van der Waals surface area contributed by atoms with Crippen LogP contribution in [0, 0.1) is 6.92 Å². The maximum absolute atomic E-state index is 9.78. The minimum atomic E-state index is -0.556. The van der Waals surface area contributed by atoms with E-state index in [4.69, 9.17) is 22.1 Å². The number of hydrogen-bond donors (Lipinski definition) is 2. The average Bonchev–Trinajstić information content (AvgIpc) is 2.22. The van der Waals surface area contributed by atoms with Crippen molar-refractivity contribution in [2.24, 2.45) is 5.73 Å². The molecule has 1 atom stereocenters. The third-order valence-electron chi connectivity index (χ3n) is 2.29. The van der Waals surface area contributed by atoms with Gasteiger partial charge >= 0.3 is 0 Å². The zero-order valence-corrected chi connectivity index (χ0v) is 9.71. The number of aliphatic hydroxyl groups excluding tert-OH is 1. The minimum absolute atomic E-state index is 0.450. The molecule has 0 spiro atoms. The first-order chi connectivity index (χ1) is 7.10. The third-order valence-corrected chi connectivity index (χ3v) is 2.77.